The molecule has 8 heteroatoms. The number of methoxy groups -OCH3 is 1. The molecule has 180 valence electrons. The van der Waals surface area contributed by atoms with Gasteiger partial charge in [0, 0.05) is 26.5 Å². The number of fused-ring (bicyclic) bond motifs is 3. The lowest BCUT2D eigenvalue weighted by molar-refractivity contribution is -0.142. The minimum atomic E-state index is -1.03. The highest BCUT2D eigenvalue weighted by Gasteiger charge is 2.39. The van der Waals surface area contributed by atoms with Crippen molar-refractivity contribution in [2.24, 2.45) is 0 Å². The zero-order valence-corrected chi connectivity index (χ0v) is 19.4. The van der Waals surface area contributed by atoms with Crippen LogP contribution in [0, 0.1) is 0 Å². The lowest BCUT2D eigenvalue weighted by Gasteiger charge is -2.42. The third-order valence-corrected chi connectivity index (χ3v) is 6.90. The van der Waals surface area contributed by atoms with Gasteiger partial charge in [0.15, 0.2) is 0 Å². The van der Waals surface area contributed by atoms with Crippen LogP contribution in [0.4, 0.5) is 4.79 Å². The molecule has 2 aromatic carbocycles. The van der Waals surface area contributed by atoms with E-state index in [2.05, 4.69) is 17.4 Å². The number of alkyl carbamates (subject to hydrolysis) is 1. The molecule has 2 aliphatic rings. The van der Waals surface area contributed by atoms with Gasteiger partial charge in [-0.3, -0.25) is 9.59 Å². The average Bonchev–Trinajstić information content (AvgIpc) is 3.13. The number of carbonyl (C=O) groups is 3. The minimum Gasteiger partial charge on any atom is -0.481 e. The number of aliphatic carboxylic acids is 1. The van der Waals surface area contributed by atoms with E-state index in [4.69, 9.17) is 14.6 Å². The fourth-order valence-corrected chi connectivity index (χ4v) is 4.89. The number of carboxylic acids is 1. The van der Waals surface area contributed by atoms with E-state index in [1.165, 1.54) is 0 Å². The summed E-state index contributed by atoms with van der Waals surface area (Å²) >= 11 is 0. The second-order valence-corrected chi connectivity index (χ2v) is 8.82. The van der Waals surface area contributed by atoms with Crippen molar-refractivity contribution in [3.63, 3.8) is 0 Å². The summed E-state index contributed by atoms with van der Waals surface area (Å²) in [5.74, 6) is -1.49. The summed E-state index contributed by atoms with van der Waals surface area (Å²) in [5.41, 5.74) is 4.42. The van der Waals surface area contributed by atoms with Crippen molar-refractivity contribution in [1.82, 2.24) is 10.2 Å². The van der Waals surface area contributed by atoms with Gasteiger partial charge in [0.05, 0.1) is 12.1 Å². The molecule has 2 N–H and O–H groups in total. The first kappa shape index (κ1) is 23.8. The molecule has 1 fully saturated rings. The van der Waals surface area contributed by atoms with Crippen molar-refractivity contribution in [3.8, 4) is 11.1 Å². The van der Waals surface area contributed by atoms with Gasteiger partial charge >= 0.3 is 12.1 Å². The Bertz CT molecular complexity index is 1020. The monoisotopic (exact) mass is 466 g/mol. The molecule has 2 aromatic rings. The van der Waals surface area contributed by atoms with Gasteiger partial charge in [-0.25, -0.2) is 4.79 Å². The van der Waals surface area contributed by atoms with Crippen LogP contribution in [-0.2, 0) is 19.1 Å². The standard InChI is InChI=1S/C26H30N2O6/c1-28(22-12-13-23(22)33-2)25(31)21(11-14-24(29)30)27-26(32)34-15-20-18-9-5-3-7-16(18)17-8-4-6-10-19(17)20/h3-10,20-23H,11-15H2,1-2H3,(H,27,32)(H,29,30). The van der Waals surface area contributed by atoms with Crippen LogP contribution in [0.5, 0.6) is 0 Å². The van der Waals surface area contributed by atoms with Crippen molar-refractivity contribution >= 4 is 18.0 Å². The highest BCUT2D eigenvalue weighted by atomic mass is 16.5. The summed E-state index contributed by atoms with van der Waals surface area (Å²) < 4.78 is 10.9. The number of benzene rings is 2. The van der Waals surface area contributed by atoms with E-state index in [0.717, 1.165) is 35.1 Å². The van der Waals surface area contributed by atoms with Crippen LogP contribution >= 0.6 is 0 Å². The molecule has 8 nitrogen and oxygen atoms in total. The van der Waals surface area contributed by atoms with Gasteiger partial charge in [-0.1, -0.05) is 48.5 Å². The Kier molecular flexibility index (Phi) is 7.17. The number of nitrogens with zero attached hydrogens (tertiary/aromatic N) is 1. The number of ether oxygens (including phenoxy) is 2. The van der Waals surface area contributed by atoms with Gasteiger partial charge in [0.2, 0.25) is 5.91 Å². The molecule has 0 aliphatic heterocycles. The number of rotatable bonds is 9. The zero-order chi connectivity index (χ0) is 24.2. The van der Waals surface area contributed by atoms with Crippen molar-refractivity contribution in [3.05, 3.63) is 59.7 Å². The topological polar surface area (TPSA) is 105 Å². The van der Waals surface area contributed by atoms with Crippen LogP contribution in [0.1, 0.15) is 42.7 Å². The number of amides is 2. The molecule has 0 bridgehead atoms. The number of hydrogen-bond donors (Lipinski definition) is 2. The van der Waals surface area contributed by atoms with Crippen molar-refractivity contribution in [1.29, 1.82) is 0 Å². The third-order valence-electron chi connectivity index (χ3n) is 6.90. The highest BCUT2D eigenvalue weighted by Crippen LogP contribution is 2.44. The Morgan fingerprint density at radius 3 is 2.21 bits per heavy atom. The summed E-state index contributed by atoms with van der Waals surface area (Å²) in [5, 5.41) is 11.7. The Balaban J connectivity index is 1.42. The Hall–Kier alpha value is -3.39. The molecule has 2 aliphatic carbocycles. The van der Waals surface area contributed by atoms with Gasteiger partial charge in [0.1, 0.15) is 12.6 Å². The van der Waals surface area contributed by atoms with Crippen LogP contribution in [0.15, 0.2) is 48.5 Å². The summed E-state index contributed by atoms with van der Waals surface area (Å²) in [6, 6.07) is 15.0. The molecule has 3 unspecified atom stereocenters. The number of carboxylic acid groups (broad SMARTS) is 1. The maximum atomic E-state index is 13.1. The van der Waals surface area contributed by atoms with Crippen LogP contribution in [0.25, 0.3) is 11.1 Å². The van der Waals surface area contributed by atoms with Crippen LogP contribution in [0.2, 0.25) is 0 Å². The molecular weight excluding hydrogens is 436 g/mol. The number of nitrogens with one attached hydrogen (secondary N) is 1. The number of carbonyl (C=O) groups excluding carboxylic acids is 2. The van der Waals surface area contributed by atoms with E-state index >= 15 is 0 Å². The maximum Gasteiger partial charge on any atom is 0.407 e. The minimum absolute atomic E-state index is 0.0208. The van der Waals surface area contributed by atoms with Crippen LogP contribution in [0.3, 0.4) is 0 Å². The lowest BCUT2D eigenvalue weighted by Crippen LogP contribution is -2.57. The van der Waals surface area contributed by atoms with Gasteiger partial charge in [0.25, 0.3) is 0 Å². The summed E-state index contributed by atoms with van der Waals surface area (Å²) in [7, 11) is 3.26. The van der Waals surface area contributed by atoms with E-state index in [-0.39, 0.29) is 43.4 Å². The molecular formula is C26H30N2O6. The van der Waals surface area contributed by atoms with Gasteiger partial charge < -0.3 is 24.8 Å². The van der Waals surface area contributed by atoms with E-state index in [1.54, 1.807) is 19.1 Å². The molecule has 0 aromatic heterocycles. The zero-order valence-electron chi connectivity index (χ0n) is 19.4. The van der Waals surface area contributed by atoms with Gasteiger partial charge in [-0.15, -0.1) is 0 Å². The quantitative estimate of drug-likeness (QED) is 0.587. The molecule has 0 heterocycles. The van der Waals surface area contributed by atoms with Crippen LogP contribution < -0.4 is 5.32 Å². The van der Waals surface area contributed by atoms with E-state index in [0.29, 0.717) is 0 Å². The first-order valence-corrected chi connectivity index (χ1v) is 11.5. The maximum absolute atomic E-state index is 13.1. The van der Waals surface area contributed by atoms with Gasteiger partial charge in [-0.2, -0.15) is 0 Å². The number of hydrogen-bond acceptors (Lipinski definition) is 5. The fourth-order valence-electron chi connectivity index (χ4n) is 4.89. The Morgan fingerprint density at radius 1 is 1.06 bits per heavy atom. The van der Waals surface area contributed by atoms with Crippen molar-refractivity contribution in [2.45, 2.75) is 49.8 Å². The fraction of sp³-hybridized carbons (Fsp3) is 0.423. The summed E-state index contributed by atoms with van der Waals surface area (Å²) in [4.78, 5) is 38.5. The largest absolute Gasteiger partial charge is 0.481 e. The normalized spacial score (nSPS) is 19.4. The Morgan fingerprint density at radius 2 is 1.68 bits per heavy atom. The second kappa shape index (κ2) is 10.3. The average molecular weight is 467 g/mol. The molecule has 34 heavy (non-hydrogen) atoms. The Labute approximate surface area is 198 Å². The van der Waals surface area contributed by atoms with E-state index < -0.39 is 18.1 Å². The first-order valence-electron chi connectivity index (χ1n) is 11.5. The predicted octanol–water partition coefficient (Wildman–Crippen LogP) is 3.39. The SMILES string of the molecule is COC1CCC1N(C)C(=O)C(CCC(=O)O)NC(=O)OCC1c2ccccc2-c2ccccc21. The number of likely N-dealkylation sites (N-methyl/N-ethyl adjacent to an activating group) is 1. The molecule has 3 atom stereocenters. The third kappa shape index (κ3) is 4.77. The van der Waals surface area contributed by atoms with E-state index in [9.17, 15) is 14.4 Å². The van der Waals surface area contributed by atoms with Crippen molar-refractivity contribution < 1.29 is 29.0 Å². The molecule has 4 rings (SSSR count). The van der Waals surface area contributed by atoms with E-state index in [1.807, 2.05) is 36.4 Å². The molecule has 2 amide bonds. The molecule has 0 saturated heterocycles. The molecule has 0 spiro atoms. The lowest BCUT2D eigenvalue weighted by atomic mass is 9.87. The first-order chi connectivity index (χ1) is 16.4. The molecule has 0 radical (unpaired) electrons. The van der Waals surface area contributed by atoms with Gasteiger partial charge in [-0.05, 0) is 41.5 Å². The van der Waals surface area contributed by atoms with Crippen LogP contribution in [-0.4, -0.2) is 66.9 Å². The second-order valence-electron chi connectivity index (χ2n) is 8.82. The summed E-state index contributed by atoms with van der Waals surface area (Å²) in [6.07, 6.45) is 0.606. The smallest absolute Gasteiger partial charge is 0.407 e. The molecule has 1 saturated carbocycles. The predicted molar refractivity (Wildman–Crippen MR) is 125 cm³/mol. The summed E-state index contributed by atoms with van der Waals surface area (Å²) in [6.45, 7) is 0.115. The highest BCUT2D eigenvalue weighted by molar-refractivity contribution is 5.86. The van der Waals surface area contributed by atoms with Crippen molar-refractivity contribution in [2.75, 3.05) is 20.8 Å².